The summed E-state index contributed by atoms with van der Waals surface area (Å²) in [6, 6.07) is 0. The maximum Gasteiger partial charge on any atom is 0.245 e. The molecule has 0 aromatic rings. The second kappa shape index (κ2) is 4.10. The molecule has 0 N–H and O–H groups in total. The fraction of sp³-hybridized carbons (Fsp3) is 0.400. The minimum atomic E-state index is -0.415. The Balaban J connectivity index is 3.75. The Morgan fingerprint density at radius 1 is 1.88 bits per heavy atom. The van der Waals surface area contributed by atoms with Crippen molar-refractivity contribution in [3.05, 3.63) is 11.6 Å². The number of halogens is 2. The maximum absolute atomic E-state index is 10.1. The minimum Gasteiger partial charge on any atom is -0.276 e. The molecule has 1 nitrogen and oxygen atoms in total. The van der Waals surface area contributed by atoms with Gasteiger partial charge in [-0.15, -0.1) is 0 Å². The van der Waals surface area contributed by atoms with Crippen molar-refractivity contribution in [1.82, 2.24) is 0 Å². The van der Waals surface area contributed by atoms with Gasteiger partial charge in [0, 0.05) is 5.33 Å². The number of carbonyl (C=O) groups is 1. The molecule has 0 fully saturated rings. The molecule has 0 aliphatic rings. The molecule has 0 spiro atoms. The van der Waals surface area contributed by atoms with Gasteiger partial charge in [0.25, 0.3) is 0 Å². The van der Waals surface area contributed by atoms with Gasteiger partial charge in [0.1, 0.15) is 0 Å². The Morgan fingerprint density at radius 3 is 2.50 bits per heavy atom. The van der Waals surface area contributed by atoms with Crippen LogP contribution in [0.25, 0.3) is 0 Å². The van der Waals surface area contributed by atoms with Crippen LogP contribution >= 0.6 is 27.5 Å². The van der Waals surface area contributed by atoms with Crippen LogP contribution in [0.1, 0.15) is 6.92 Å². The molecule has 0 saturated carbocycles. The van der Waals surface area contributed by atoms with E-state index in [1.165, 1.54) is 6.08 Å². The van der Waals surface area contributed by atoms with Crippen LogP contribution in [0.15, 0.2) is 11.6 Å². The second-order valence-electron chi connectivity index (χ2n) is 1.43. The van der Waals surface area contributed by atoms with Crippen molar-refractivity contribution >= 4 is 32.8 Å². The average Bonchev–Trinajstić information content (AvgIpc) is 1.65. The predicted molar refractivity (Wildman–Crippen MR) is 38.4 cm³/mol. The highest BCUT2D eigenvalue weighted by atomic mass is 79.9. The lowest BCUT2D eigenvalue weighted by atomic mass is 10.3. The van der Waals surface area contributed by atoms with Crippen molar-refractivity contribution in [2.45, 2.75) is 6.92 Å². The van der Waals surface area contributed by atoms with Crippen LogP contribution in [0.5, 0.6) is 0 Å². The first kappa shape index (κ1) is 8.18. The lowest BCUT2D eigenvalue weighted by Gasteiger charge is -1.85. The summed E-state index contributed by atoms with van der Waals surface area (Å²) >= 11 is 8.18. The molecule has 0 aromatic heterocycles. The zero-order valence-electron chi connectivity index (χ0n) is 4.45. The van der Waals surface area contributed by atoms with Crippen molar-refractivity contribution in [3.63, 3.8) is 0 Å². The third-order valence-electron chi connectivity index (χ3n) is 0.571. The fourth-order valence-corrected chi connectivity index (χ4v) is 0.580. The molecule has 0 aromatic carbocycles. The highest BCUT2D eigenvalue weighted by Crippen LogP contribution is 1.98. The van der Waals surface area contributed by atoms with Crippen LogP contribution in [-0.2, 0) is 4.79 Å². The summed E-state index contributed by atoms with van der Waals surface area (Å²) in [5.41, 5.74) is 0.935. The van der Waals surface area contributed by atoms with E-state index in [0.29, 0.717) is 5.33 Å². The van der Waals surface area contributed by atoms with Gasteiger partial charge in [-0.25, -0.2) is 0 Å². The number of alkyl halides is 1. The van der Waals surface area contributed by atoms with E-state index in [-0.39, 0.29) is 0 Å². The van der Waals surface area contributed by atoms with E-state index in [1.807, 2.05) is 6.92 Å². The molecular weight excluding hydrogens is 191 g/mol. The second-order valence-corrected chi connectivity index (χ2v) is 2.36. The first-order valence-electron chi connectivity index (χ1n) is 2.09. The smallest absolute Gasteiger partial charge is 0.245 e. The average molecular weight is 197 g/mol. The molecule has 0 amide bonds. The molecule has 0 atom stereocenters. The van der Waals surface area contributed by atoms with Crippen molar-refractivity contribution in [3.8, 4) is 0 Å². The molecule has 3 heteroatoms. The molecule has 46 valence electrons. The Hall–Kier alpha value is 0.180. The van der Waals surface area contributed by atoms with E-state index in [1.54, 1.807) is 0 Å². The predicted octanol–water partition coefficient (Wildman–Crippen LogP) is 2.09. The highest BCUT2D eigenvalue weighted by Gasteiger charge is 1.88. The van der Waals surface area contributed by atoms with E-state index in [4.69, 9.17) is 11.6 Å². The molecule has 0 radical (unpaired) electrons. The third kappa shape index (κ3) is 4.34. The van der Waals surface area contributed by atoms with E-state index in [0.717, 1.165) is 5.57 Å². The Morgan fingerprint density at radius 2 is 2.38 bits per heavy atom. The number of rotatable bonds is 2. The quantitative estimate of drug-likeness (QED) is 0.376. The van der Waals surface area contributed by atoms with Crippen molar-refractivity contribution < 1.29 is 4.79 Å². The molecule has 0 aliphatic heterocycles. The fourth-order valence-electron chi connectivity index (χ4n) is 0.232. The van der Waals surface area contributed by atoms with Crippen LogP contribution in [0, 0.1) is 0 Å². The van der Waals surface area contributed by atoms with E-state index in [2.05, 4.69) is 15.9 Å². The van der Waals surface area contributed by atoms with Gasteiger partial charge in [-0.2, -0.15) is 0 Å². The summed E-state index contributed by atoms with van der Waals surface area (Å²) in [4.78, 5) is 10.1. The van der Waals surface area contributed by atoms with Gasteiger partial charge in [0.2, 0.25) is 5.24 Å². The first-order valence-corrected chi connectivity index (χ1v) is 3.59. The lowest BCUT2D eigenvalue weighted by molar-refractivity contribution is -0.107. The molecular formula is C5H6BrClO. The van der Waals surface area contributed by atoms with Crippen molar-refractivity contribution in [2.24, 2.45) is 0 Å². The van der Waals surface area contributed by atoms with E-state index in [9.17, 15) is 4.79 Å². The first-order chi connectivity index (χ1) is 3.66. The molecule has 0 unspecified atom stereocenters. The van der Waals surface area contributed by atoms with Gasteiger partial charge in [-0.1, -0.05) is 21.5 Å². The van der Waals surface area contributed by atoms with Gasteiger partial charge in [-0.3, -0.25) is 4.79 Å². The van der Waals surface area contributed by atoms with Crippen LogP contribution in [0.2, 0.25) is 0 Å². The van der Waals surface area contributed by atoms with Crippen LogP contribution in [-0.4, -0.2) is 10.6 Å². The zero-order valence-corrected chi connectivity index (χ0v) is 6.79. The van der Waals surface area contributed by atoms with Gasteiger partial charge < -0.3 is 0 Å². The summed E-state index contributed by atoms with van der Waals surface area (Å²) in [6.45, 7) is 1.83. The van der Waals surface area contributed by atoms with Crippen LogP contribution in [0.3, 0.4) is 0 Å². The number of hydrogen-bond donors (Lipinski definition) is 0. The Bertz CT molecular complexity index is 120. The van der Waals surface area contributed by atoms with Gasteiger partial charge in [0.05, 0.1) is 0 Å². The molecule has 0 saturated heterocycles. The SMILES string of the molecule is C/C(=C\C(=O)Cl)CBr. The van der Waals surface area contributed by atoms with Crippen LogP contribution < -0.4 is 0 Å². The maximum atomic E-state index is 10.1. The number of hydrogen-bond acceptors (Lipinski definition) is 1. The van der Waals surface area contributed by atoms with Crippen molar-refractivity contribution in [1.29, 1.82) is 0 Å². The molecule has 0 rings (SSSR count). The van der Waals surface area contributed by atoms with E-state index >= 15 is 0 Å². The molecule has 0 aliphatic carbocycles. The van der Waals surface area contributed by atoms with Gasteiger partial charge >= 0.3 is 0 Å². The van der Waals surface area contributed by atoms with Gasteiger partial charge in [-0.05, 0) is 24.6 Å². The molecule has 0 bridgehead atoms. The largest absolute Gasteiger partial charge is 0.276 e. The highest BCUT2D eigenvalue weighted by molar-refractivity contribution is 9.09. The number of allylic oxidation sites excluding steroid dienone is 2. The van der Waals surface area contributed by atoms with Crippen molar-refractivity contribution in [2.75, 3.05) is 5.33 Å². The van der Waals surface area contributed by atoms with E-state index < -0.39 is 5.24 Å². The van der Waals surface area contributed by atoms with Gasteiger partial charge in [0.15, 0.2) is 0 Å². The minimum absolute atomic E-state index is 0.415. The summed E-state index contributed by atoms with van der Waals surface area (Å²) in [5.74, 6) is 0. The topological polar surface area (TPSA) is 17.1 Å². The molecule has 8 heavy (non-hydrogen) atoms. The Labute approximate surface area is 61.8 Å². The summed E-state index contributed by atoms with van der Waals surface area (Å²) in [6.07, 6.45) is 1.39. The summed E-state index contributed by atoms with van der Waals surface area (Å²) in [7, 11) is 0. The standard InChI is InChI=1S/C5H6BrClO/c1-4(3-6)2-5(7)8/h2H,3H2,1H3/b4-2+. The number of carbonyl (C=O) groups excluding carboxylic acids is 1. The zero-order chi connectivity index (χ0) is 6.57. The normalized spacial score (nSPS) is 11.6. The lowest BCUT2D eigenvalue weighted by Crippen LogP contribution is -1.81. The Kier molecular flexibility index (Phi) is 4.19. The summed E-state index contributed by atoms with van der Waals surface area (Å²) in [5, 5.41) is 0.285. The molecule has 0 heterocycles. The summed E-state index contributed by atoms with van der Waals surface area (Å²) < 4.78 is 0. The third-order valence-corrected chi connectivity index (χ3v) is 1.56. The monoisotopic (exact) mass is 196 g/mol. The van der Waals surface area contributed by atoms with Crippen LogP contribution in [0.4, 0.5) is 0 Å².